The quantitative estimate of drug-likeness (QED) is 0.347. The molecule has 0 amide bonds. The van der Waals surface area contributed by atoms with E-state index in [2.05, 4.69) is 11.9 Å². The molecule has 1 aromatic heterocycles. The number of pyridine rings is 1. The van der Waals surface area contributed by atoms with E-state index < -0.39 is 4.92 Å². The van der Waals surface area contributed by atoms with E-state index in [-0.39, 0.29) is 5.82 Å². The van der Waals surface area contributed by atoms with Crippen LogP contribution in [0.3, 0.4) is 0 Å². The zero-order valence-electron chi connectivity index (χ0n) is 8.22. The Hall–Kier alpha value is -0.810. The van der Waals surface area contributed by atoms with Crippen molar-refractivity contribution in [2.45, 2.75) is 23.5 Å². The average molecular weight is 247 g/mol. The third-order valence-corrected chi connectivity index (χ3v) is 3.13. The van der Waals surface area contributed by atoms with Gasteiger partial charge in [-0.2, -0.15) is 0 Å². The summed E-state index contributed by atoms with van der Waals surface area (Å²) in [6.07, 6.45) is 2.43. The molecule has 0 radical (unpaired) electrons. The molecule has 0 fully saturated rings. The smallest absolute Gasteiger partial charge is 0.358 e. The van der Waals surface area contributed by atoms with Gasteiger partial charge in [-0.25, -0.2) is 0 Å². The molecule has 0 bridgehead atoms. The maximum absolute atomic E-state index is 10.4. The van der Waals surface area contributed by atoms with Crippen molar-refractivity contribution in [2.24, 2.45) is 0 Å². The first kappa shape index (κ1) is 12.3. The van der Waals surface area contributed by atoms with E-state index in [1.807, 2.05) is 0 Å². The van der Waals surface area contributed by atoms with Gasteiger partial charge in [-0.05, 0) is 22.4 Å². The van der Waals surface area contributed by atoms with Gasteiger partial charge >= 0.3 is 5.82 Å². The summed E-state index contributed by atoms with van der Waals surface area (Å²) in [4.78, 5) is 14.5. The highest BCUT2D eigenvalue weighted by Crippen LogP contribution is 2.25. The summed E-state index contributed by atoms with van der Waals surface area (Å²) >= 11 is 7.23. The molecule has 0 saturated heterocycles. The SMILES string of the molecule is CC(CCCl)Sc1ccc([N+](=O)[O-])nc1. The van der Waals surface area contributed by atoms with Crippen molar-refractivity contribution in [1.29, 1.82) is 0 Å². The lowest BCUT2D eigenvalue weighted by atomic mass is 10.4. The number of hydrogen-bond acceptors (Lipinski definition) is 4. The van der Waals surface area contributed by atoms with Gasteiger partial charge < -0.3 is 10.1 Å². The van der Waals surface area contributed by atoms with Crippen molar-refractivity contribution < 1.29 is 4.92 Å². The van der Waals surface area contributed by atoms with Crippen LogP contribution in [0.4, 0.5) is 5.82 Å². The van der Waals surface area contributed by atoms with Crippen LogP contribution >= 0.6 is 23.4 Å². The predicted molar refractivity (Wildman–Crippen MR) is 61.5 cm³/mol. The Balaban J connectivity index is 2.60. The highest BCUT2D eigenvalue weighted by Gasteiger charge is 2.09. The summed E-state index contributed by atoms with van der Waals surface area (Å²) in [7, 11) is 0. The minimum atomic E-state index is -0.503. The Kier molecular flexibility index (Phi) is 4.84. The summed E-state index contributed by atoms with van der Waals surface area (Å²) in [6, 6.07) is 3.12. The molecule has 0 saturated carbocycles. The number of hydrogen-bond donors (Lipinski definition) is 0. The number of nitrogens with zero attached hydrogens (tertiary/aromatic N) is 2. The van der Waals surface area contributed by atoms with Crippen LogP contribution in [0.25, 0.3) is 0 Å². The predicted octanol–water partition coefficient (Wildman–Crippen LogP) is 3.10. The first-order valence-corrected chi connectivity index (χ1v) is 5.88. The van der Waals surface area contributed by atoms with E-state index in [4.69, 9.17) is 11.6 Å². The van der Waals surface area contributed by atoms with E-state index in [9.17, 15) is 10.1 Å². The molecule has 0 aliphatic heterocycles. The fourth-order valence-electron chi connectivity index (χ4n) is 0.995. The van der Waals surface area contributed by atoms with Crippen molar-refractivity contribution >= 4 is 29.2 Å². The minimum Gasteiger partial charge on any atom is -0.358 e. The molecule has 0 N–H and O–H groups in total. The summed E-state index contributed by atoms with van der Waals surface area (Å²) < 4.78 is 0. The van der Waals surface area contributed by atoms with Crippen molar-refractivity contribution in [3.63, 3.8) is 0 Å². The van der Waals surface area contributed by atoms with E-state index in [0.29, 0.717) is 11.1 Å². The van der Waals surface area contributed by atoms with E-state index in [1.54, 1.807) is 17.8 Å². The second-order valence-electron chi connectivity index (χ2n) is 3.02. The Labute approximate surface area is 97.2 Å². The first-order chi connectivity index (χ1) is 7.13. The van der Waals surface area contributed by atoms with Gasteiger partial charge in [0.15, 0.2) is 6.20 Å². The van der Waals surface area contributed by atoms with Gasteiger partial charge in [-0.15, -0.1) is 23.4 Å². The zero-order chi connectivity index (χ0) is 11.3. The molecule has 1 heterocycles. The van der Waals surface area contributed by atoms with Gasteiger partial charge in [0.05, 0.1) is 4.90 Å². The second kappa shape index (κ2) is 5.92. The van der Waals surface area contributed by atoms with E-state index >= 15 is 0 Å². The standard InChI is InChI=1S/C9H11ClN2O2S/c1-7(4-5-10)15-8-2-3-9(11-6-8)12(13)14/h2-3,6-7H,4-5H2,1H3. The summed E-state index contributed by atoms with van der Waals surface area (Å²) in [5, 5.41) is 10.7. The Morgan fingerprint density at radius 2 is 2.40 bits per heavy atom. The van der Waals surface area contributed by atoms with Crippen LogP contribution in [-0.4, -0.2) is 21.0 Å². The monoisotopic (exact) mass is 246 g/mol. The molecule has 4 nitrogen and oxygen atoms in total. The van der Waals surface area contributed by atoms with Crippen LogP contribution in [0.2, 0.25) is 0 Å². The summed E-state index contributed by atoms with van der Waals surface area (Å²) in [5.74, 6) is 0.499. The largest absolute Gasteiger partial charge is 0.363 e. The van der Waals surface area contributed by atoms with Crippen molar-refractivity contribution in [2.75, 3.05) is 5.88 Å². The first-order valence-electron chi connectivity index (χ1n) is 4.46. The molecule has 0 aliphatic rings. The molecule has 1 atom stereocenters. The molecule has 1 aromatic rings. The highest BCUT2D eigenvalue weighted by molar-refractivity contribution is 7.99. The summed E-state index contributed by atoms with van der Waals surface area (Å²) in [6.45, 7) is 2.06. The molecule has 0 aromatic carbocycles. The fraction of sp³-hybridized carbons (Fsp3) is 0.444. The number of rotatable bonds is 5. The maximum atomic E-state index is 10.4. The number of thioether (sulfide) groups is 1. The molecular weight excluding hydrogens is 236 g/mol. The van der Waals surface area contributed by atoms with E-state index in [1.165, 1.54) is 12.3 Å². The van der Waals surface area contributed by atoms with Crippen LogP contribution in [0.5, 0.6) is 0 Å². The van der Waals surface area contributed by atoms with Gasteiger partial charge in [0.2, 0.25) is 0 Å². The molecule has 0 aliphatic carbocycles. The molecule has 0 spiro atoms. The minimum absolute atomic E-state index is 0.121. The number of alkyl halides is 1. The molecule has 15 heavy (non-hydrogen) atoms. The van der Waals surface area contributed by atoms with Gasteiger partial charge in [0, 0.05) is 17.2 Å². The average Bonchev–Trinajstić information content (AvgIpc) is 2.18. The number of halogens is 1. The lowest BCUT2D eigenvalue weighted by molar-refractivity contribution is -0.389. The fourth-order valence-corrected chi connectivity index (χ4v) is 2.41. The molecule has 6 heteroatoms. The lowest BCUT2D eigenvalue weighted by Crippen LogP contribution is -1.97. The molecule has 1 rings (SSSR count). The van der Waals surface area contributed by atoms with Crippen LogP contribution in [0, 0.1) is 10.1 Å². The lowest BCUT2D eigenvalue weighted by Gasteiger charge is -2.06. The third kappa shape index (κ3) is 4.05. The van der Waals surface area contributed by atoms with E-state index in [0.717, 1.165) is 11.3 Å². The Bertz CT molecular complexity index is 331. The molecule has 1 unspecified atom stereocenters. The van der Waals surface area contributed by atoms with Crippen LogP contribution < -0.4 is 0 Å². The number of nitro groups is 1. The van der Waals surface area contributed by atoms with Gasteiger partial charge in [-0.1, -0.05) is 6.92 Å². The van der Waals surface area contributed by atoms with Gasteiger partial charge in [0.25, 0.3) is 0 Å². The van der Waals surface area contributed by atoms with Crippen molar-refractivity contribution in [3.8, 4) is 0 Å². The Morgan fingerprint density at radius 1 is 1.67 bits per heavy atom. The van der Waals surface area contributed by atoms with Crippen molar-refractivity contribution in [3.05, 3.63) is 28.4 Å². The van der Waals surface area contributed by atoms with Crippen LogP contribution in [-0.2, 0) is 0 Å². The summed E-state index contributed by atoms with van der Waals surface area (Å²) in [5.41, 5.74) is 0. The van der Waals surface area contributed by atoms with Crippen LogP contribution in [0.1, 0.15) is 13.3 Å². The van der Waals surface area contributed by atoms with Crippen LogP contribution in [0.15, 0.2) is 23.2 Å². The molecule has 82 valence electrons. The Morgan fingerprint density at radius 3 is 2.87 bits per heavy atom. The normalized spacial score (nSPS) is 12.4. The zero-order valence-corrected chi connectivity index (χ0v) is 9.79. The van der Waals surface area contributed by atoms with Crippen molar-refractivity contribution in [1.82, 2.24) is 4.98 Å². The topological polar surface area (TPSA) is 56.0 Å². The highest BCUT2D eigenvalue weighted by atomic mass is 35.5. The second-order valence-corrected chi connectivity index (χ2v) is 4.91. The third-order valence-electron chi connectivity index (χ3n) is 1.76. The number of aromatic nitrogens is 1. The van der Waals surface area contributed by atoms with Gasteiger partial charge in [0.1, 0.15) is 0 Å². The molecular formula is C9H11ClN2O2S. The van der Waals surface area contributed by atoms with Gasteiger partial charge in [-0.3, -0.25) is 0 Å². The maximum Gasteiger partial charge on any atom is 0.363 e.